The summed E-state index contributed by atoms with van der Waals surface area (Å²) in [7, 11) is 4.06. The van der Waals surface area contributed by atoms with Crippen molar-refractivity contribution in [3.63, 3.8) is 0 Å². The summed E-state index contributed by atoms with van der Waals surface area (Å²) < 4.78 is 5.27. The number of hydrogen-bond acceptors (Lipinski definition) is 5. The molecule has 1 fully saturated rings. The third kappa shape index (κ3) is 3.26. The van der Waals surface area contributed by atoms with Crippen molar-refractivity contribution in [2.24, 2.45) is 0 Å². The summed E-state index contributed by atoms with van der Waals surface area (Å²) in [6.07, 6.45) is 0.723. The minimum atomic E-state index is -0.0758. The van der Waals surface area contributed by atoms with Gasteiger partial charge in [-0.3, -0.25) is 0 Å². The molecular weight excluding hydrogens is 306 g/mol. The van der Waals surface area contributed by atoms with Gasteiger partial charge in [-0.1, -0.05) is 18.1 Å². The smallest absolute Gasteiger partial charge is 0.321 e. The third-order valence-corrected chi connectivity index (χ3v) is 4.39. The van der Waals surface area contributed by atoms with E-state index >= 15 is 0 Å². The van der Waals surface area contributed by atoms with Crippen LogP contribution in [0.5, 0.6) is 0 Å². The van der Waals surface area contributed by atoms with Crippen LogP contribution in [0.4, 0.5) is 10.5 Å². The van der Waals surface area contributed by atoms with Gasteiger partial charge in [-0.15, -0.1) is 0 Å². The lowest BCUT2D eigenvalue weighted by molar-refractivity contribution is 0.0942. The van der Waals surface area contributed by atoms with Crippen LogP contribution in [0.3, 0.4) is 0 Å². The van der Waals surface area contributed by atoms with E-state index in [-0.39, 0.29) is 6.03 Å². The van der Waals surface area contributed by atoms with E-state index in [2.05, 4.69) is 20.4 Å². The van der Waals surface area contributed by atoms with Gasteiger partial charge in [0, 0.05) is 36.8 Å². The fourth-order valence-corrected chi connectivity index (χ4v) is 2.55. The molecule has 3 rings (SSSR count). The molecule has 1 N–H and O–H groups in total. The van der Waals surface area contributed by atoms with Crippen LogP contribution in [-0.4, -0.2) is 59.2 Å². The summed E-state index contributed by atoms with van der Waals surface area (Å²) in [4.78, 5) is 20.6. The van der Waals surface area contributed by atoms with Crippen LogP contribution >= 0.6 is 0 Å². The second-order valence-corrected chi connectivity index (χ2v) is 6.35. The van der Waals surface area contributed by atoms with E-state index in [9.17, 15) is 4.79 Å². The minimum Gasteiger partial charge on any atom is -0.334 e. The van der Waals surface area contributed by atoms with E-state index in [4.69, 9.17) is 4.52 Å². The van der Waals surface area contributed by atoms with Crippen molar-refractivity contribution in [3.05, 3.63) is 29.6 Å². The van der Waals surface area contributed by atoms with Crippen LogP contribution in [-0.2, 0) is 6.42 Å². The number of benzene rings is 1. The molecule has 0 unspecified atom stereocenters. The van der Waals surface area contributed by atoms with Crippen molar-refractivity contribution in [2.75, 3.05) is 32.5 Å². The van der Waals surface area contributed by atoms with Gasteiger partial charge in [-0.25, -0.2) is 4.79 Å². The van der Waals surface area contributed by atoms with Gasteiger partial charge >= 0.3 is 6.03 Å². The molecule has 2 amide bonds. The van der Waals surface area contributed by atoms with Crippen molar-refractivity contribution in [3.8, 4) is 11.5 Å². The molecule has 7 nitrogen and oxygen atoms in total. The Kier molecular flexibility index (Phi) is 4.53. The first-order valence-electron chi connectivity index (χ1n) is 8.14. The molecule has 0 bridgehead atoms. The SMILES string of the molecule is CCc1noc(-c2ccc(C)c(NC(=O)N3CC(N(C)C)C3)c2)n1. The predicted octanol–water partition coefficient (Wildman–Crippen LogP) is 2.39. The molecule has 2 aromatic rings. The lowest BCUT2D eigenvalue weighted by Gasteiger charge is -2.42. The molecule has 1 aliphatic rings. The molecule has 0 saturated carbocycles. The number of rotatable bonds is 4. The number of hydrogen-bond donors (Lipinski definition) is 1. The summed E-state index contributed by atoms with van der Waals surface area (Å²) in [6.45, 7) is 5.44. The molecule has 1 aromatic carbocycles. The number of carbonyl (C=O) groups excluding carboxylic acids is 1. The average molecular weight is 329 g/mol. The molecular formula is C17H23N5O2. The van der Waals surface area contributed by atoms with E-state index in [0.717, 1.165) is 36.3 Å². The van der Waals surface area contributed by atoms with E-state index in [1.165, 1.54) is 0 Å². The Hall–Kier alpha value is -2.41. The third-order valence-electron chi connectivity index (χ3n) is 4.39. The lowest BCUT2D eigenvalue weighted by atomic mass is 10.1. The highest BCUT2D eigenvalue weighted by molar-refractivity contribution is 5.91. The highest BCUT2D eigenvalue weighted by Crippen LogP contribution is 2.25. The number of aryl methyl sites for hydroxylation is 2. The largest absolute Gasteiger partial charge is 0.334 e. The number of likely N-dealkylation sites (N-methyl/N-ethyl adjacent to an activating group) is 1. The van der Waals surface area contributed by atoms with Gasteiger partial charge in [0.1, 0.15) is 0 Å². The molecule has 1 aliphatic heterocycles. The van der Waals surface area contributed by atoms with Crippen LogP contribution in [0, 0.1) is 6.92 Å². The van der Waals surface area contributed by atoms with Crippen molar-refractivity contribution in [1.29, 1.82) is 0 Å². The predicted molar refractivity (Wildman–Crippen MR) is 91.9 cm³/mol. The number of urea groups is 1. The summed E-state index contributed by atoms with van der Waals surface area (Å²) in [5.74, 6) is 1.14. The minimum absolute atomic E-state index is 0.0758. The Morgan fingerprint density at radius 1 is 1.42 bits per heavy atom. The Balaban J connectivity index is 1.71. The maximum Gasteiger partial charge on any atom is 0.321 e. The van der Waals surface area contributed by atoms with Crippen LogP contribution in [0.15, 0.2) is 22.7 Å². The Labute approximate surface area is 141 Å². The Morgan fingerprint density at radius 3 is 2.79 bits per heavy atom. The summed E-state index contributed by atoms with van der Waals surface area (Å²) in [5, 5.41) is 6.89. The highest BCUT2D eigenvalue weighted by atomic mass is 16.5. The summed E-state index contributed by atoms with van der Waals surface area (Å²) in [6, 6.07) is 6.11. The highest BCUT2D eigenvalue weighted by Gasteiger charge is 2.32. The molecule has 0 spiro atoms. The van der Waals surface area contributed by atoms with E-state index in [1.54, 1.807) is 4.90 Å². The maximum atomic E-state index is 12.4. The second-order valence-electron chi connectivity index (χ2n) is 6.35. The molecule has 2 heterocycles. The van der Waals surface area contributed by atoms with Gasteiger partial charge in [0.25, 0.3) is 5.89 Å². The number of likely N-dealkylation sites (tertiary alicyclic amines) is 1. The Morgan fingerprint density at radius 2 is 2.17 bits per heavy atom. The normalized spacial score (nSPS) is 14.8. The number of nitrogens with zero attached hydrogens (tertiary/aromatic N) is 4. The van der Waals surface area contributed by atoms with Crippen LogP contribution in [0.25, 0.3) is 11.5 Å². The topological polar surface area (TPSA) is 74.5 Å². The first-order chi connectivity index (χ1) is 11.5. The molecule has 7 heteroatoms. The second kappa shape index (κ2) is 6.60. The van der Waals surface area contributed by atoms with Crippen molar-refractivity contribution >= 4 is 11.7 Å². The zero-order valence-corrected chi connectivity index (χ0v) is 14.5. The molecule has 128 valence electrons. The molecule has 0 radical (unpaired) electrons. The van der Waals surface area contributed by atoms with Gasteiger partial charge in [0.05, 0.1) is 0 Å². The Bertz CT molecular complexity index is 734. The maximum absolute atomic E-state index is 12.4. The molecule has 24 heavy (non-hydrogen) atoms. The number of amides is 2. The first-order valence-corrected chi connectivity index (χ1v) is 8.14. The number of aromatic nitrogens is 2. The van der Waals surface area contributed by atoms with Crippen molar-refractivity contribution in [2.45, 2.75) is 26.3 Å². The van der Waals surface area contributed by atoms with E-state index in [0.29, 0.717) is 17.8 Å². The monoisotopic (exact) mass is 329 g/mol. The molecule has 0 atom stereocenters. The standard InChI is InChI=1S/C17H23N5O2/c1-5-15-19-16(24-20-15)12-7-6-11(2)14(8-12)18-17(23)22-9-13(10-22)21(3)4/h6-8,13H,5,9-10H2,1-4H3,(H,18,23). The fraction of sp³-hybridized carbons (Fsp3) is 0.471. The number of nitrogens with one attached hydrogen (secondary N) is 1. The van der Waals surface area contributed by atoms with Crippen LogP contribution in [0.2, 0.25) is 0 Å². The molecule has 1 saturated heterocycles. The number of carbonyl (C=O) groups is 1. The zero-order valence-electron chi connectivity index (χ0n) is 14.5. The van der Waals surface area contributed by atoms with Crippen molar-refractivity contribution in [1.82, 2.24) is 19.9 Å². The average Bonchev–Trinajstić information content (AvgIpc) is 2.96. The van der Waals surface area contributed by atoms with Gasteiger partial charge in [0.15, 0.2) is 5.82 Å². The molecule has 0 aliphatic carbocycles. The van der Waals surface area contributed by atoms with Gasteiger partial charge in [-0.05, 0) is 38.7 Å². The van der Waals surface area contributed by atoms with Gasteiger partial charge < -0.3 is 19.6 Å². The fourth-order valence-electron chi connectivity index (χ4n) is 2.55. The number of anilines is 1. The van der Waals surface area contributed by atoms with Crippen LogP contribution in [0.1, 0.15) is 18.3 Å². The summed E-state index contributed by atoms with van der Waals surface area (Å²) >= 11 is 0. The van der Waals surface area contributed by atoms with E-state index < -0.39 is 0 Å². The van der Waals surface area contributed by atoms with Gasteiger partial charge in [-0.2, -0.15) is 4.98 Å². The quantitative estimate of drug-likeness (QED) is 0.932. The molecule has 1 aromatic heterocycles. The lowest BCUT2D eigenvalue weighted by Crippen LogP contribution is -2.60. The zero-order chi connectivity index (χ0) is 17.3. The van der Waals surface area contributed by atoms with Gasteiger partial charge in [0.2, 0.25) is 0 Å². The first kappa shape index (κ1) is 16.4. The van der Waals surface area contributed by atoms with Crippen molar-refractivity contribution < 1.29 is 9.32 Å². The summed E-state index contributed by atoms with van der Waals surface area (Å²) in [5.41, 5.74) is 2.56. The van der Waals surface area contributed by atoms with E-state index in [1.807, 2.05) is 46.1 Å². The van der Waals surface area contributed by atoms with Crippen LogP contribution < -0.4 is 5.32 Å².